The van der Waals surface area contributed by atoms with Crippen molar-refractivity contribution >= 4 is 34.5 Å². The van der Waals surface area contributed by atoms with E-state index in [0.29, 0.717) is 17.2 Å². The molecule has 3 aliphatic rings. The lowest BCUT2D eigenvalue weighted by Gasteiger charge is -2.22. The van der Waals surface area contributed by atoms with Gasteiger partial charge in [0.1, 0.15) is 29.6 Å². The maximum Gasteiger partial charge on any atom is 0.332 e. The number of alkyl halides is 2. The van der Waals surface area contributed by atoms with Gasteiger partial charge in [-0.2, -0.15) is 0 Å². The predicted octanol–water partition coefficient (Wildman–Crippen LogP) is 0.149. The summed E-state index contributed by atoms with van der Waals surface area (Å²) in [4.78, 5) is 65.5. The normalized spacial score (nSPS) is 23.1. The molecular weight excluding hydrogens is 540 g/mol. The molecule has 5 heterocycles. The van der Waals surface area contributed by atoms with Crippen molar-refractivity contribution in [3.05, 3.63) is 63.3 Å². The summed E-state index contributed by atoms with van der Waals surface area (Å²) in [5, 5.41) is 5.82. The first-order valence-corrected chi connectivity index (χ1v) is 13.0. The highest BCUT2D eigenvalue weighted by atomic mass is 19.3. The number of ketones is 1. The minimum atomic E-state index is -2.56. The van der Waals surface area contributed by atoms with E-state index >= 15 is 0 Å². The number of rotatable bonds is 7. The molecule has 15 heteroatoms. The number of nitrogens with one attached hydrogen (secondary N) is 2. The second-order valence-corrected chi connectivity index (χ2v) is 10.6. The summed E-state index contributed by atoms with van der Waals surface area (Å²) in [6.07, 6.45) is 5.44. The van der Waals surface area contributed by atoms with Crippen LogP contribution >= 0.6 is 0 Å². The van der Waals surface area contributed by atoms with Gasteiger partial charge >= 0.3 is 5.69 Å². The monoisotopic (exact) mass is 567 g/mol. The van der Waals surface area contributed by atoms with E-state index in [1.807, 2.05) is 4.90 Å². The van der Waals surface area contributed by atoms with Crippen LogP contribution in [0.3, 0.4) is 0 Å². The molecule has 3 aromatic heterocycles. The van der Waals surface area contributed by atoms with Gasteiger partial charge in [0.05, 0.1) is 24.7 Å². The Morgan fingerprint density at radius 2 is 1.93 bits per heavy atom. The molecule has 1 amide bonds. The van der Waals surface area contributed by atoms with Crippen LogP contribution in [0.15, 0.2) is 51.5 Å². The Labute approximate surface area is 231 Å². The summed E-state index contributed by atoms with van der Waals surface area (Å²) < 4.78 is 30.4. The third-order valence-electron chi connectivity index (χ3n) is 7.84. The fraction of sp³-hybridized carbons (Fsp3) is 0.423. The minimum absolute atomic E-state index is 0.0197. The molecule has 41 heavy (non-hydrogen) atoms. The van der Waals surface area contributed by atoms with Gasteiger partial charge < -0.3 is 20.1 Å². The van der Waals surface area contributed by atoms with Crippen LogP contribution in [-0.2, 0) is 23.2 Å². The molecule has 4 atom stereocenters. The van der Waals surface area contributed by atoms with Crippen LogP contribution < -0.4 is 26.8 Å². The molecule has 6 rings (SSSR count). The number of pyridine rings is 1. The van der Waals surface area contributed by atoms with E-state index in [4.69, 9.17) is 0 Å². The SMILES string of the molecule is CC(=O)Cn1c(=O)c2c(ncn2[C@@H](C)C(=O)NC2C=CNC(c3ccc(N4CC5C(C4)C5(F)F)nc3)=N2)n(C)c1=O. The Morgan fingerprint density at radius 3 is 2.59 bits per heavy atom. The molecule has 2 fully saturated rings. The highest BCUT2D eigenvalue weighted by Crippen LogP contribution is 2.59. The third-order valence-corrected chi connectivity index (χ3v) is 7.84. The summed E-state index contributed by atoms with van der Waals surface area (Å²) in [5.74, 6) is -3.51. The van der Waals surface area contributed by atoms with Crippen LogP contribution in [0.2, 0.25) is 0 Å². The Morgan fingerprint density at radius 1 is 1.20 bits per heavy atom. The number of nitrogens with zero attached hydrogens (tertiary/aromatic N) is 7. The predicted molar refractivity (Wildman–Crippen MR) is 144 cm³/mol. The van der Waals surface area contributed by atoms with Gasteiger partial charge in [0.25, 0.3) is 11.5 Å². The zero-order valence-electron chi connectivity index (χ0n) is 22.4. The summed E-state index contributed by atoms with van der Waals surface area (Å²) >= 11 is 0. The maximum atomic E-state index is 13.5. The minimum Gasteiger partial charge on any atom is -0.356 e. The molecular formula is C26H27F2N9O4. The summed E-state index contributed by atoms with van der Waals surface area (Å²) in [7, 11) is 1.44. The number of amides is 1. The zero-order chi connectivity index (χ0) is 29.2. The van der Waals surface area contributed by atoms with Crippen molar-refractivity contribution in [1.82, 2.24) is 34.3 Å². The largest absolute Gasteiger partial charge is 0.356 e. The zero-order valence-corrected chi connectivity index (χ0v) is 22.4. The number of aromatic nitrogens is 5. The molecule has 0 radical (unpaired) electrons. The quantitative estimate of drug-likeness (QED) is 0.410. The van der Waals surface area contributed by atoms with Crippen LogP contribution in [0.25, 0.3) is 11.2 Å². The van der Waals surface area contributed by atoms with Crippen molar-refractivity contribution < 1.29 is 18.4 Å². The lowest BCUT2D eigenvalue weighted by molar-refractivity contribution is -0.124. The first-order chi connectivity index (χ1) is 19.5. The van der Waals surface area contributed by atoms with Crippen LogP contribution in [0, 0.1) is 11.8 Å². The second-order valence-electron chi connectivity index (χ2n) is 10.6. The van der Waals surface area contributed by atoms with E-state index in [9.17, 15) is 28.0 Å². The van der Waals surface area contributed by atoms with E-state index in [2.05, 4.69) is 25.6 Å². The molecule has 0 bridgehead atoms. The molecule has 214 valence electrons. The topological polar surface area (TPSA) is 149 Å². The van der Waals surface area contributed by atoms with Gasteiger partial charge in [-0.05, 0) is 32.1 Å². The molecule has 13 nitrogen and oxygen atoms in total. The fourth-order valence-corrected chi connectivity index (χ4v) is 5.42. The number of fused-ring (bicyclic) bond motifs is 2. The van der Waals surface area contributed by atoms with Gasteiger partial charge in [-0.1, -0.05) is 0 Å². The Kier molecular flexibility index (Phi) is 6.12. The standard InChI is InChI=1S/C26H27F2N9O4/c1-13(38)9-36-24(40)20-22(34(3)25(36)41)31-12-37(20)14(2)23(39)33-18-6-7-29-21(32-18)15-4-5-19(30-8-15)35-10-16-17(11-35)26(16,27)28/h4-8,12,14,16-18H,9-11H2,1-3H3,(H,29,32)(H,33,39)/t14-,16?,17?,18?/m0/s1. The number of piperidine rings is 1. The number of anilines is 1. The first kappa shape index (κ1) is 26.5. The molecule has 0 aromatic carbocycles. The van der Waals surface area contributed by atoms with Gasteiger partial charge in [-0.3, -0.25) is 23.5 Å². The molecule has 2 N–H and O–H groups in total. The number of aryl methyl sites for hydroxylation is 1. The van der Waals surface area contributed by atoms with E-state index < -0.39 is 53.7 Å². The highest BCUT2D eigenvalue weighted by molar-refractivity contribution is 6.00. The Bertz CT molecular complexity index is 1740. The Balaban J connectivity index is 1.18. The van der Waals surface area contributed by atoms with E-state index in [-0.39, 0.29) is 30.0 Å². The molecule has 1 saturated carbocycles. The second kappa shape index (κ2) is 9.45. The van der Waals surface area contributed by atoms with E-state index in [0.717, 1.165) is 9.13 Å². The third kappa shape index (κ3) is 4.40. The van der Waals surface area contributed by atoms with Gasteiger partial charge in [-0.25, -0.2) is 28.5 Å². The number of halogens is 2. The number of hydrogen-bond acceptors (Lipinski definition) is 9. The lowest BCUT2D eigenvalue weighted by Crippen LogP contribution is -2.42. The van der Waals surface area contributed by atoms with Crippen molar-refractivity contribution in [3.8, 4) is 0 Å². The molecule has 0 spiro atoms. The van der Waals surface area contributed by atoms with Gasteiger partial charge in [0, 0.05) is 38.1 Å². The number of hydrogen-bond donors (Lipinski definition) is 2. The average molecular weight is 568 g/mol. The summed E-state index contributed by atoms with van der Waals surface area (Å²) in [6.45, 7) is 3.02. The van der Waals surface area contributed by atoms with Crippen molar-refractivity contribution in [2.24, 2.45) is 23.9 Å². The maximum absolute atomic E-state index is 13.5. The van der Waals surface area contributed by atoms with Crippen molar-refractivity contribution in [3.63, 3.8) is 0 Å². The Hall–Kier alpha value is -4.69. The molecule has 3 unspecified atom stereocenters. The average Bonchev–Trinajstić information content (AvgIpc) is 3.38. The lowest BCUT2D eigenvalue weighted by atomic mass is 10.2. The number of Topliss-reactive ketones (excluding diaryl/α,β-unsaturated/α-hetero) is 1. The molecule has 1 aliphatic carbocycles. The number of imidazole rings is 1. The van der Waals surface area contributed by atoms with E-state index in [1.165, 1.54) is 24.9 Å². The van der Waals surface area contributed by atoms with Crippen LogP contribution in [-0.4, -0.2) is 66.4 Å². The van der Waals surface area contributed by atoms with Crippen molar-refractivity contribution in [1.29, 1.82) is 0 Å². The summed E-state index contributed by atoms with van der Waals surface area (Å²) in [6, 6.07) is 2.63. The summed E-state index contributed by atoms with van der Waals surface area (Å²) in [5.41, 5.74) is -0.632. The molecule has 1 saturated heterocycles. The number of aliphatic imine (C=N–C) groups is 1. The smallest absolute Gasteiger partial charge is 0.332 e. The number of amidine groups is 1. The number of carbonyl (C=O) groups is 2. The molecule has 3 aromatic rings. The van der Waals surface area contributed by atoms with Crippen LogP contribution in [0.1, 0.15) is 25.5 Å². The van der Waals surface area contributed by atoms with Crippen LogP contribution in [0.4, 0.5) is 14.6 Å². The highest BCUT2D eigenvalue weighted by Gasteiger charge is 2.71. The first-order valence-electron chi connectivity index (χ1n) is 13.0. The van der Waals surface area contributed by atoms with E-state index in [1.54, 1.807) is 37.5 Å². The van der Waals surface area contributed by atoms with Crippen LogP contribution in [0.5, 0.6) is 0 Å². The molecule has 2 aliphatic heterocycles. The van der Waals surface area contributed by atoms with Crippen molar-refractivity contribution in [2.45, 2.75) is 38.5 Å². The van der Waals surface area contributed by atoms with Gasteiger partial charge in [0.15, 0.2) is 11.2 Å². The van der Waals surface area contributed by atoms with Gasteiger partial charge in [0.2, 0.25) is 5.91 Å². The number of carbonyl (C=O) groups excluding carboxylic acids is 2. The van der Waals surface area contributed by atoms with Crippen molar-refractivity contribution in [2.75, 3.05) is 18.0 Å². The fourth-order valence-electron chi connectivity index (χ4n) is 5.42. The van der Waals surface area contributed by atoms with Gasteiger partial charge in [-0.15, -0.1) is 0 Å².